The van der Waals surface area contributed by atoms with Crippen LogP contribution in [0.1, 0.15) is 25.7 Å². The summed E-state index contributed by atoms with van der Waals surface area (Å²) in [7, 11) is -1.56. The molecule has 1 heterocycles. The Kier molecular flexibility index (Phi) is 6.65. The van der Waals surface area contributed by atoms with Crippen LogP contribution in [-0.2, 0) is 23.6 Å². The second-order valence-electron chi connectivity index (χ2n) is 4.89. The molecule has 0 aromatic heterocycles. The third-order valence-electron chi connectivity index (χ3n) is 3.40. The lowest BCUT2D eigenvalue weighted by Crippen LogP contribution is -2.35. The fourth-order valence-electron chi connectivity index (χ4n) is 2.25. The maximum absolute atomic E-state index is 12.4. The number of ether oxygens (including phenoxy) is 2. The molecule has 116 valence electrons. The van der Waals surface area contributed by atoms with Gasteiger partial charge in [0.15, 0.2) is 0 Å². The van der Waals surface area contributed by atoms with Crippen molar-refractivity contribution in [2.75, 3.05) is 33.6 Å². The van der Waals surface area contributed by atoms with Gasteiger partial charge < -0.3 is 14.4 Å². The predicted molar refractivity (Wildman–Crippen MR) is 72.6 cm³/mol. The molecule has 0 aromatic rings. The Morgan fingerprint density at radius 2 is 1.80 bits per heavy atom. The maximum Gasteiger partial charge on any atom is 0.319 e. The summed E-state index contributed by atoms with van der Waals surface area (Å²) in [6.45, 7) is 1.47. The van der Waals surface area contributed by atoms with Crippen molar-refractivity contribution in [3.8, 4) is 0 Å². The second kappa shape index (κ2) is 7.76. The normalized spacial score (nSPS) is 20.8. The van der Waals surface area contributed by atoms with E-state index in [9.17, 15) is 19.0 Å². The lowest BCUT2D eigenvalue weighted by Gasteiger charge is -2.30. The zero-order valence-corrected chi connectivity index (χ0v) is 12.8. The Balaban J connectivity index is 2.77. The van der Waals surface area contributed by atoms with Gasteiger partial charge in [0.05, 0.1) is 26.9 Å². The standard InChI is InChI=1S/C12H22NO6P/c1-18-11(14)8-10(12(15)19-2)20(16,17)9-13-6-4-3-5-7-13/h10H,3-9H2,1-2H3,(H,16,17). The molecule has 1 rings (SSSR count). The van der Waals surface area contributed by atoms with Crippen molar-refractivity contribution in [2.24, 2.45) is 0 Å². The van der Waals surface area contributed by atoms with Gasteiger partial charge in [0.25, 0.3) is 0 Å². The van der Waals surface area contributed by atoms with Gasteiger partial charge in [-0.3, -0.25) is 19.1 Å². The Hall–Kier alpha value is -0.910. The topological polar surface area (TPSA) is 93.1 Å². The fraction of sp³-hybridized carbons (Fsp3) is 0.833. The number of hydrogen-bond donors (Lipinski definition) is 1. The molecular formula is C12H22NO6P. The number of piperidine rings is 1. The molecule has 0 spiro atoms. The molecule has 1 N–H and O–H groups in total. The second-order valence-corrected chi connectivity index (χ2v) is 7.31. The van der Waals surface area contributed by atoms with Gasteiger partial charge in [0, 0.05) is 0 Å². The molecule has 0 aliphatic carbocycles. The fourth-order valence-corrected chi connectivity index (χ4v) is 4.18. The van der Waals surface area contributed by atoms with Crippen LogP contribution in [0, 0.1) is 0 Å². The van der Waals surface area contributed by atoms with Gasteiger partial charge in [-0.15, -0.1) is 0 Å². The monoisotopic (exact) mass is 307 g/mol. The van der Waals surface area contributed by atoms with Crippen molar-refractivity contribution in [1.82, 2.24) is 4.90 Å². The molecule has 7 nitrogen and oxygen atoms in total. The van der Waals surface area contributed by atoms with Crippen molar-refractivity contribution in [3.63, 3.8) is 0 Å². The third kappa shape index (κ3) is 4.89. The molecule has 0 bridgehead atoms. The zero-order valence-electron chi connectivity index (χ0n) is 11.9. The smallest absolute Gasteiger partial charge is 0.319 e. The predicted octanol–water partition coefficient (Wildman–Crippen LogP) is 0.805. The first-order chi connectivity index (χ1) is 9.40. The molecule has 1 fully saturated rings. The number of rotatable bonds is 6. The summed E-state index contributed by atoms with van der Waals surface area (Å²) >= 11 is 0. The molecule has 2 unspecified atom stereocenters. The van der Waals surface area contributed by atoms with Crippen LogP contribution in [0.5, 0.6) is 0 Å². The average molecular weight is 307 g/mol. The first-order valence-electron chi connectivity index (χ1n) is 6.59. The zero-order chi connectivity index (χ0) is 15.2. The number of esters is 2. The third-order valence-corrected chi connectivity index (χ3v) is 5.57. The van der Waals surface area contributed by atoms with Crippen molar-refractivity contribution >= 4 is 19.3 Å². The highest BCUT2D eigenvalue weighted by molar-refractivity contribution is 7.59. The van der Waals surface area contributed by atoms with E-state index in [1.807, 2.05) is 4.90 Å². The molecule has 0 radical (unpaired) electrons. The number of carbonyl (C=O) groups excluding carboxylic acids is 2. The molecular weight excluding hydrogens is 285 g/mol. The number of likely N-dealkylation sites (tertiary alicyclic amines) is 1. The summed E-state index contributed by atoms with van der Waals surface area (Å²) in [4.78, 5) is 35.0. The molecule has 1 saturated heterocycles. The van der Waals surface area contributed by atoms with Crippen molar-refractivity contribution in [3.05, 3.63) is 0 Å². The summed E-state index contributed by atoms with van der Waals surface area (Å²) in [6, 6.07) is 0. The van der Waals surface area contributed by atoms with Crippen LogP contribution in [0.2, 0.25) is 0 Å². The van der Waals surface area contributed by atoms with E-state index in [4.69, 9.17) is 0 Å². The van der Waals surface area contributed by atoms with Crippen molar-refractivity contribution in [1.29, 1.82) is 0 Å². The molecule has 2 atom stereocenters. The molecule has 0 aromatic carbocycles. The first kappa shape index (κ1) is 17.1. The number of carbonyl (C=O) groups is 2. The highest BCUT2D eigenvalue weighted by atomic mass is 31.2. The summed E-state index contributed by atoms with van der Waals surface area (Å²) in [6.07, 6.45) is 2.52. The molecule has 1 aliphatic heterocycles. The van der Waals surface area contributed by atoms with Gasteiger partial charge in [0.1, 0.15) is 5.66 Å². The SMILES string of the molecule is COC(=O)CC(C(=O)OC)P(=O)(O)CN1CCCCC1. The van der Waals surface area contributed by atoms with E-state index in [0.717, 1.165) is 39.5 Å². The number of nitrogens with zero attached hydrogens (tertiary/aromatic N) is 1. The van der Waals surface area contributed by atoms with Gasteiger partial charge in [-0.2, -0.15) is 0 Å². The average Bonchev–Trinajstić information content (AvgIpc) is 2.44. The van der Waals surface area contributed by atoms with Crippen LogP contribution in [0.3, 0.4) is 0 Å². The minimum atomic E-state index is -3.86. The summed E-state index contributed by atoms with van der Waals surface area (Å²) < 4.78 is 21.4. The minimum absolute atomic E-state index is 0.0935. The summed E-state index contributed by atoms with van der Waals surface area (Å²) in [5.41, 5.74) is -1.36. The highest BCUT2D eigenvalue weighted by Gasteiger charge is 2.41. The Bertz CT molecular complexity index is 393. The van der Waals surface area contributed by atoms with Crippen LogP contribution in [0.25, 0.3) is 0 Å². The van der Waals surface area contributed by atoms with Crippen molar-refractivity contribution < 1.29 is 28.5 Å². The Morgan fingerprint density at radius 3 is 2.30 bits per heavy atom. The largest absolute Gasteiger partial charge is 0.469 e. The Labute approximate surface area is 118 Å². The highest BCUT2D eigenvalue weighted by Crippen LogP contribution is 2.49. The summed E-state index contributed by atoms with van der Waals surface area (Å²) in [5, 5.41) is 0. The van der Waals surface area contributed by atoms with Crippen LogP contribution < -0.4 is 0 Å². The minimum Gasteiger partial charge on any atom is -0.469 e. The van der Waals surface area contributed by atoms with Gasteiger partial charge in [0.2, 0.25) is 7.37 Å². The summed E-state index contributed by atoms with van der Waals surface area (Å²) in [5.74, 6) is -1.55. The number of methoxy groups -OCH3 is 2. The van der Waals surface area contributed by atoms with E-state index in [1.54, 1.807) is 0 Å². The van der Waals surface area contributed by atoms with E-state index in [1.165, 1.54) is 7.11 Å². The van der Waals surface area contributed by atoms with Gasteiger partial charge in [-0.05, 0) is 25.9 Å². The molecule has 0 saturated carbocycles. The number of hydrogen-bond acceptors (Lipinski definition) is 6. The molecule has 20 heavy (non-hydrogen) atoms. The van der Waals surface area contributed by atoms with Crippen LogP contribution >= 0.6 is 7.37 Å². The lowest BCUT2D eigenvalue weighted by atomic mass is 10.1. The van der Waals surface area contributed by atoms with Crippen LogP contribution in [0.4, 0.5) is 0 Å². The maximum atomic E-state index is 12.4. The van der Waals surface area contributed by atoms with Crippen LogP contribution in [-0.4, -0.2) is 61.0 Å². The molecule has 8 heteroatoms. The first-order valence-corrected chi connectivity index (χ1v) is 8.50. The van der Waals surface area contributed by atoms with E-state index in [2.05, 4.69) is 9.47 Å². The van der Waals surface area contributed by atoms with E-state index >= 15 is 0 Å². The van der Waals surface area contributed by atoms with E-state index < -0.39 is 31.4 Å². The van der Waals surface area contributed by atoms with Crippen LogP contribution in [0.15, 0.2) is 0 Å². The molecule has 0 amide bonds. The quantitative estimate of drug-likeness (QED) is 0.573. The lowest BCUT2D eigenvalue weighted by molar-refractivity contribution is -0.147. The van der Waals surface area contributed by atoms with E-state index in [-0.39, 0.29) is 6.29 Å². The van der Waals surface area contributed by atoms with Gasteiger partial charge in [-0.1, -0.05) is 6.42 Å². The van der Waals surface area contributed by atoms with Crippen molar-refractivity contribution in [2.45, 2.75) is 31.3 Å². The molecule has 1 aliphatic rings. The van der Waals surface area contributed by atoms with Gasteiger partial charge in [-0.25, -0.2) is 0 Å². The Morgan fingerprint density at radius 1 is 1.20 bits per heavy atom. The van der Waals surface area contributed by atoms with Gasteiger partial charge >= 0.3 is 11.9 Å². The van der Waals surface area contributed by atoms with E-state index in [0.29, 0.717) is 0 Å².